The van der Waals surface area contributed by atoms with Crippen LogP contribution in [0.3, 0.4) is 0 Å². The summed E-state index contributed by atoms with van der Waals surface area (Å²) in [5.74, 6) is 0. The standard InChI is InChI=1S/C18H22N2O4/c21-12-15-17(23)18(24)16(22)11-19(15)20(13-7-3-1-4-8-13)14-9-5-2-6-10-14/h1-10,15-18,21-24H,11-12H2/t15-,16+,17-,18-/m1/s1. The molecule has 6 nitrogen and oxygen atoms in total. The van der Waals surface area contributed by atoms with Gasteiger partial charge in [-0.1, -0.05) is 36.4 Å². The lowest BCUT2D eigenvalue weighted by Crippen LogP contribution is -2.66. The normalized spacial score (nSPS) is 27.8. The molecule has 6 heteroatoms. The lowest BCUT2D eigenvalue weighted by Gasteiger charge is -2.48. The highest BCUT2D eigenvalue weighted by atomic mass is 16.4. The van der Waals surface area contributed by atoms with Crippen LogP contribution in [-0.4, -0.2) is 62.9 Å². The number of para-hydroxylation sites is 2. The summed E-state index contributed by atoms with van der Waals surface area (Å²) >= 11 is 0. The molecule has 0 radical (unpaired) electrons. The zero-order valence-electron chi connectivity index (χ0n) is 13.2. The number of hydrogen-bond acceptors (Lipinski definition) is 6. The maximum atomic E-state index is 10.3. The molecule has 0 saturated carbocycles. The number of hydrogen-bond donors (Lipinski definition) is 4. The molecule has 0 amide bonds. The van der Waals surface area contributed by atoms with E-state index in [-0.39, 0.29) is 13.2 Å². The first kappa shape index (κ1) is 16.9. The Labute approximate surface area is 140 Å². The predicted molar refractivity (Wildman–Crippen MR) is 90.6 cm³/mol. The molecule has 1 heterocycles. The van der Waals surface area contributed by atoms with E-state index in [1.54, 1.807) is 5.01 Å². The molecule has 0 unspecified atom stereocenters. The molecule has 0 spiro atoms. The Morgan fingerprint density at radius 3 is 1.79 bits per heavy atom. The summed E-state index contributed by atoms with van der Waals surface area (Å²) in [6.07, 6.45) is -3.65. The van der Waals surface area contributed by atoms with Crippen LogP contribution < -0.4 is 5.01 Å². The van der Waals surface area contributed by atoms with E-state index < -0.39 is 24.4 Å². The van der Waals surface area contributed by atoms with Crippen LogP contribution in [-0.2, 0) is 0 Å². The van der Waals surface area contributed by atoms with Crippen molar-refractivity contribution in [2.75, 3.05) is 18.2 Å². The van der Waals surface area contributed by atoms with E-state index >= 15 is 0 Å². The van der Waals surface area contributed by atoms with Crippen LogP contribution in [0.5, 0.6) is 0 Å². The third-order valence-electron chi connectivity index (χ3n) is 4.34. The number of benzene rings is 2. The molecule has 2 aromatic carbocycles. The third kappa shape index (κ3) is 3.15. The topological polar surface area (TPSA) is 87.4 Å². The van der Waals surface area contributed by atoms with Gasteiger partial charge in [-0.25, -0.2) is 5.01 Å². The number of piperidine rings is 1. The maximum Gasteiger partial charge on any atom is 0.109 e. The largest absolute Gasteiger partial charge is 0.395 e. The average Bonchev–Trinajstić information content (AvgIpc) is 2.62. The molecular weight excluding hydrogens is 308 g/mol. The summed E-state index contributed by atoms with van der Waals surface area (Å²) in [4.78, 5) is 0. The second kappa shape index (κ2) is 7.29. The highest BCUT2D eigenvalue weighted by Crippen LogP contribution is 2.31. The van der Waals surface area contributed by atoms with Crippen molar-refractivity contribution < 1.29 is 20.4 Å². The quantitative estimate of drug-likeness (QED) is 0.653. The smallest absolute Gasteiger partial charge is 0.109 e. The third-order valence-corrected chi connectivity index (χ3v) is 4.34. The minimum atomic E-state index is -1.29. The second-order valence-corrected chi connectivity index (χ2v) is 5.90. The van der Waals surface area contributed by atoms with Gasteiger partial charge in [-0.05, 0) is 24.3 Å². The molecule has 1 saturated heterocycles. The molecule has 4 N–H and O–H groups in total. The molecule has 2 aromatic rings. The molecule has 0 aromatic heterocycles. The van der Waals surface area contributed by atoms with E-state index in [1.807, 2.05) is 65.7 Å². The van der Waals surface area contributed by atoms with Crippen molar-refractivity contribution in [2.24, 2.45) is 0 Å². The number of anilines is 2. The minimum Gasteiger partial charge on any atom is -0.395 e. The van der Waals surface area contributed by atoms with Crippen molar-refractivity contribution >= 4 is 11.4 Å². The van der Waals surface area contributed by atoms with E-state index in [9.17, 15) is 20.4 Å². The Morgan fingerprint density at radius 2 is 1.33 bits per heavy atom. The first-order valence-electron chi connectivity index (χ1n) is 7.95. The van der Waals surface area contributed by atoms with Crippen LogP contribution in [0.15, 0.2) is 60.7 Å². The Morgan fingerprint density at radius 1 is 0.833 bits per heavy atom. The predicted octanol–water partition coefficient (Wildman–Crippen LogP) is 0.499. The van der Waals surface area contributed by atoms with Crippen molar-refractivity contribution in [3.05, 3.63) is 60.7 Å². The molecule has 128 valence electrons. The molecule has 0 aliphatic carbocycles. The van der Waals surface area contributed by atoms with Crippen molar-refractivity contribution in [3.63, 3.8) is 0 Å². The fraction of sp³-hybridized carbons (Fsp3) is 0.333. The first-order chi connectivity index (χ1) is 11.6. The highest BCUT2D eigenvalue weighted by molar-refractivity contribution is 5.62. The minimum absolute atomic E-state index is 0.0905. The van der Waals surface area contributed by atoms with Crippen molar-refractivity contribution in [2.45, 2.75) is 24.4 Å². The van der Waals surface area contributed by atoms with Gasteiger partial charge < -0.3 is 20.4 Å². The Kier molecular flexibility index (Phi) is 5.13. The van der Waals surface area contributed by atoms with E-state index in [4.69, 9.17) is 0 Å². The van der Waals surface area contributed by atoms with Crippen LogP contribution in [0, 0.1) is 0 Å². The zero-order valence-corrected chi connectivity index (χ0v) is 13.2. The van der Waals surface area contributed by atoms with Gasteiger partial charge in [0.1, 0.15) is 12.2 Å². The molecule has 4 atom stereocenters. The number of aliphatic hydroxyl groups excluding tert-OH is 4. The van der Waals surface area contributed by atoms with Crippen LogP contribution in [0.1, 0.15) is 0 Å². The lowest BCUT2D eigenvalue weighted by molar-refractivity contribution is -0.145. The second-order valence-electron chi connectivity index (χ2n) is 5.90. The Bertz CT molecular complexity index is 600. The molecule has 3 rings (SSSR count). The van der Waals surface area contributed by atoms with Gasteiger partial charge in [-0.3, -0.25) is 5.01 Å². The van der Waals surface area contributed by atoms with Gasteiger partial charge in [0.2, 0.25) is 0 Å². The van der Waals surface area contributed by atoms with Crippen molar-refractivity contribution in [1.29, 1.82) is 0 Å². The van der Waals surface area contributed by atoms with E-state index in [2.05, 4.69) is 0 Å². The van der Waals surface area contributed by atoms with Crippen molar-refractivity contribution in [3.8, 4) is 0 Å². The zero-order chi connectivity index (χ0) is 17.1. The van der Waals surface area contributed by atoms with Crippen LogP contribution >= 0.6 is 0 Å². The van der Waals surface area contributed by atoms with Gasteiger partial charge in [0.25, 0.3) is 0 Å². The average molecular weight is 330 g/mol. The molecule has 1 fully saturated rings. The Hall–Kier alpha value is -1.96. The van der Waals surface area contributed by atoms with Gasteiger partial charge in [-0.2, -0.15) is 0 Å². The highest BCUT2D eigenvalue weighted by Gasteiger charge is 2.43. The lowest BCUT2D eigenvalue weighted by atomic mass is 9.95. The molecule has 0 bridgehead atoms. The van der Waals surface area contributed by atoms with Gasteiger partial charge in [-0.15, -0.1) is 0 Å². The van der Waals surface area contributed by atoms with E-state index in [0.29, 0.717) is 0 Å². The van der Waals surface area contributed by atoms with Gasteiger partial charge in [0, 0.05) is 6.54 Å². The molecule has 24 heavy (non-hydrogen) atoms. The number of nitrogens with zero attached hydrogens (tertiary/aromatic N) is 2. The summed E-state index contributed by atoms with van der Waals surface area (Å²) in [5.41, 5.74) is 1.66. The summed E-state index contributed by atoms with van der Waals surface area (Å²) in [6, 6.07) is 18.3. The first-order valence-corrected chi connectivity index (χ1v) is 7.95. The fourth-order valence-corrected chi connectivity index (χ4v) is 3.08. The molecule has 1 aliphatic rings. The Balaban J connectivity index is 2.04. The maximum absolute atomic E-state index is 10.3. The van der Waals surface area contributed by atoms with Crippen LogP contribution in [0.2, 0.25) is 0 Å². The number of β-amino-alcohol motifs (C(OH)–C–C–N with tert-alkyl or cyclic N) is 1. The number of rotatable bonds is 4. The van der Waals surface area contributed by atoms with E-state index in [0.717, 1.165) is 11.4 Å². The van der Waals surface area contributed by atoms with Crippen molar-refractivity contribution in [1.82, 2.24) is 5.01 Å². The SMILES string of the molecule is OC[C@@H]1[C@@H](O)[C@H](O)[C@@H](O)CN1N(c1ccccc1)c1ccccc1. The summed E-state index contributed by atoms with van der Waals surface area (Å²) in [5, 5.41) is 43.6. The van der Waals surface area contributed by atoms with Gasteiger partial charge >= 0.3 is 0 Å². The van der Waals surface area contributed by atoms with Gasteiger partial charge in [0.15, 0.2) is 0 Å². The van der Waals surface area contributed by atoms with Crippen LogP contribution in [0.25, 0.3) is 0 Å². The number of hydrazine groups is 1. The van der Waals surface area contributed by atoms with Gasteiger partial charge in [0.05, 0.1) is 30.1 Å². The molecular formula is C18H22N2O4. The summed E-state index contributed by atoms with van der Waals surface area (Å²) < 4.78 is 0. The fourth-order valence-electron chi connectivity index (χ4n) is 3.08. The summed E-state index contributed by atoms with van der Waals surface area (Å²) in [6.45, 7) is -0.256. The van der Waals surface area contributed by atoms with E-state index in [1.165, 1.54) is 0 Å². The number of aliphatic hydroxyl groups is 4. The van der Waals surface area contributed by atoms with Crippen LogP contribution in [0.4, 0.5) is 11.4 Å². The summed E-state index contributed by atoms with van der Waals surface area (Å²) in [7, 11) is 0. The molecule has 1 aliphatic heterocycles. The monoisotopic (exact) mass is 330 g/mol.